The molecular weight excluding hydrogens is 502 g/mol. The van der Waals surface area contributed by atoms with Crippen LogP contribution in [0, 0.1) is 0 Å². The summed E-state index contributed by atoms with van der Waals surface area (Å²) in [5, 5.41) is 19.0. The molecule has 3 heterocycles. The van der Waals surface area contributed by atoms with E-state index in [1.54, 1.807) is 23.0 Å². The summed E-state index contributed by atoms with van der Waals surface area (Å²) in [7, 11) is 0. The molecule has 0 saturated carbocycles. The molecule has 196 valence electrons. The molecule has 2 atom stereocenters. The normalized spacial score (nSPS) is 18.2. The van der Waals surface area contributed by atoms with Crippen molar-refractivity contribution < 1.29 is 33.6 Å². The van der Waals surface area contributed by atoms with Crippen molar-refractivity contribution in [3.8, 4) is 0 Å². The number of unbranched alkanes of at least 4 members (excludes halogenated alkanes) is 2. The number of amides is 4. The monoisotopic (exact) mass is 529 g/mol. The zero-order valence-electron chi connectivity index (χ0n) is 20.1. The van der Waals surface area contributed by atoms with Gasteiger partial charge in [0.05, 0.1) is 11.3 Å². The number of carboxylic acid groups (broad SMARTS) is 1. The second kappa shape index (κ2) is 11.6. The fourth-order valence-corrected chi connectivity index (χ4v) is 5.79. The lowest BCUT2D eigenvalue weighted by Gasteiger charge is -2.27. The minimum absolute atomic E-state index is 0.0310. The third-order valence-electron chi connectivity index (χ3n) is 6.30. The Bertz CT molecular complexity index is 1230. The topological polar surface area (TPSA) is 175 Å². The van der Waals surface area contributed by atoms with Gasteiger partial charge in [-0.05, 0) is 61.8 Å². The molecule has 4 rings (SSSR count). The smallest absolute Gasteiger partial charge is 0.303 e. The average Bonchev–Trinajstić information content (AvgIpc) is 3.41. The van der Waals surface area contributed by atoms with Gasteiger partial charge >= 0.3 is 5.97 Å². The van der Waals surface area contributed by atoms with E-state index in [9.17, 15) is 28.5 Å². The molecule has 0 aliphatic carbocycles. The number of carbonyl (C=O) groups is 5. The zero-order chi connectivity index (χ0) is 26.5. The minimum Gasteiger partial charge on any atom is -0.611 e. The van der Waals surface area contributed by atoms with E-state index in [0.29, 0.717) is 31.6 Å². The first-order valence-electron chi connectivity index (χ1n) is 12.1. The van der Waals surface area contributed by atoms with Crippen LogP contribution >= 0.6 is 0 Å². The van der Waals surface area contributed by atoms with Crippen molar-refractivity contribution in [2.75, 3.05) is 5.75 Å². The number of nitrogens with one attached hydrogen (secondary N) is 1. The van der Waals surface area contributed by atoms with E-state index in [0.717, 1.165) is 23.4 Å². The molecule has 2 aliphatic rings. The first-order chi connectivity index (χ1) is 17.8. The number of benzene rings is 1. The summed E-state index contributed by atoms with van der Waals surface area (Å²) in [4.78, 5) is 61.6. The summed E-state index contributed by atoms with van der Waals surface area (Å²) in [6.45, 7) is 0.618. The van der Waals surface area contributed by atoms with Gasteiger partial charge in [-0.3, -0.25) is 38.9 Å². The van der Waals surface area contributed by atoms with E-state index in [2.05, 4.69) is 15.6 Å². The third-order valence-corrected chi connectivity index (χ3v) is 7.79. The first-order valence-corrected chi connectivity index (χ1v) is 13.4. The maximum absolute atomic E-state index is 13.2. The number of rotatable bonds is 12. The molecule has 13 heteroatoms. The van der Waals surface area contributed by atoms with Gasteiger partial charge < -0.3 is 9.66 Å². The van der Waals surface area contributed by atoms with Gasteiger partial charge in [-0.25, -0.2) is 0 Å². The Hall–Kier alpha value is -3.58. The lowest BCUT2D eigenvalue weighted by molar-refractivity contribution is -0.138. The second-order valence-electron chi connectivity index (χ2n) is 8.96. The predicted molar refractivity (Wildman–Crippen MR) is 129 cm³/mol. The van der Waals surface area contributed by atoms with Gasteiger partial charge in [0.1, 0.15) is 17.4 Å². The maximum atomic E-state index is 13.2. The van der Waals surface area contributed by atoms with E-state index in [1.807, 2.05) is 0 Å². The van der Waals surface area contributed by atoms with E-state index >= 15 is 0 Å². The SMILES string of the molecule is O=C(O)CCCc1cn(CCCCC[S+]([O-])c2cccc3c2C(=O)N(C2CCC(=O)NC2=O)C3=O)nn1. The molecule has 12 nitrogen and oxygen atoms in total. The van der Waals surface area contributed by atoms with Crippen LogP contribution in [0.3, 0.4) is 0 Å². The molecule has 0 radical (unpaired) electrons. The third kappa shape index (κ3) is 6.05. The van der Waals surface area contributed by atoms with Crippen molar-refractivity contribution in [3.63, 3.8) is 0 Å². The Morgan fingerprint density at radius 2 is 1.95 bits per heavy atom. The van der Waals surface area contributed by atoms with Crippen molar-refractivity contribution in [1.29, 1.82) is 0 Å². The Kier molecular flexibility index (Phi) is 8.34. The largest absolute Gasteiger partial charge is 0.611 e. The molecule has 2 N–H and O–H groups in total. The highest BCUT2D eigenvalue weighted by Gasteiger charge is 2.47. The molecule has 37 heavy (non-hydrogen) atoms. The highest BCUT2D eigenvalue weighted by atomic mass is 32.2. The van der Waals surface area contributed by atoms with Crippen molar-refractivity contribution in [3.05, 3.63) is 41.2 Å². The van der Waals surface area contributed by atoms with E-state index in [1.165, 1.54) is 6.07 Å². The number of aryl methyl sites for hydroxylation is 2. The quantitative estimate of drug-likeness (QED) is 0.231. The highest BCUT2D eigenvalue weighted by Crippen LogP contribution is 2.32. The molecule has 0 spiro atoms. The predicted octanol–water partition coefficient (Wildman–Crippen LogP) is 1.06. The van der Waals surface area contributed by atoms with Crippen LogP contribution in [-0.4, -0.2) is 70.9 Å². The van der Waals surface area contributed by atoms with Crippen LogP contribution in [0.4, 0.5) is 0 Å². The summed E-state index contributed by atoms with van der Waals surface area (Å²) in [5.41, 5.74) is 0.922. The maximum Gasteiger partial charge on any atom is 0.303 e. The van der Waals surface area contributed by atoms with Crippen molar-refractivity contribution in [2.45, 2.75) is 68.8 Å². The van der Waals surface area contributed by atoms with Gasteiger partial charge in [-0.15, -0.1) is 5.10 Å². The van der Waals surface area contributed by atoms with Gasteiger partial charge in [0.15, 0.2) is 4.90 Å². The van der Waals surface area contributed by atoms with Crippen LogP contribution in [-0.2, 0) is 38.5 Å². The lowest BCUT2D eigenvalue weighted by Crippen LogP contribution is -2.54. The summed E-state index contributed by atoms with van der Waals surface area (Å²) < 4.78 is 14.8. The number of fused-ring (bicyclic) bond motifs is 1. The van der Waals surface area contributed by atoms with Gasteiger partial charge in [0.2, 0.25) is 11.8 Å². The number of hydrogen-bond acceptors (Lipinski definition) is 8. The Balaban J connectivity index is 1.29. The van der Waals surface area contributed by atoms with Crippen LogP contribution in [0.5, 0.6) is 0 Å². The molecule has 2 aromatic rings. The number of imide groups is 2. The number of hydrogen-bond donors (Lipinski definition) is 2. The number of nitrogens with zero attached hydrogens (tertiary/aromatic N) is 4. The summed E-state index contributed by atoms with van der Waals surface area (Å²) in [5.74, 6) is -2.96. The van der Waals surface area contributed by atoms with Gasteiger partial charge in [0.25, 0.3) is 11.8 Å². The average molecular weight is 530 g/mol. The van der Waals surface area contributed by atoms with Gasteiger partial charge in [-0.1, -0.05) is 11.3 Å². The van der Waals surface area contributed by atoms with Crippen LogP contribution in [0.2, 0.25) is 0 Å². The lowest BCUT2D eigenvalue weighted by atomic mass is 10.0. The van der Waals surface area contributed by atoms with Crippen molar-refractivity contribution in [1.82, 2.24) is 25.2 Å². The molecular formula is C24H27N5O7S. The van der Waals surface area contributed by atoms with E-state index in [-0.39, 0.29) is 35.3 Å². The Morgan fingerprint density at radius 3 is 2.70 bits per heavy atom. The summed E-state index contributed by atoms with van der Waals surface area (Å²) >= 11 is -1.52. The van der Waals surface area contributed by atoms with Crippen LogP contribution in [0.15, 0.2) is 29.3 Å². The van der Waals surface area contributed by atoms with E-state index in [4.69, 9.17) is 5.11 Å². The molecule has 2 unspecified atom stereocenters. The zero-order valence-corrected chi connectivity index (χ0v) is 20.9. The number of piperidine rings is 1. The number of aliphatic carboxylic acids is 1. The van der Waals surface area contributed by atoms with Crippen molar-refractivity contribution >= 4 is 40.8 Å². The minimum atomic E-state index is -1.52. The first kappa shape index (κ1) is 26.5. The number of aromatic nitrogens is 3. The molecule has 0 bridgehead atoms. The molecule has 4 amide bonds. The molecule has 1 fully saturated rings. The van der Waals surface area contributed by atoms with Crippen LogP contribution < -0.4 is 5.32 Å². The number of carbonyl (C=O) groups excluding carboxylic acids is 4. The fraction of sp³-hybridized carbons (Fsp3) is 0.458. The molecule has 2 aliphatic heterocycles. The molecule has 1 aromatic carbocycles. The van der Waals surface area contributed by atoms with Crippen LogP contribution in [0.25, 0.3) is 0 Å². The molecule has 1 saturated heterocycles. The van der Waals surface area contributed by atoms with Crippen LogP contribution in [0.1, 0.15) is 71.4 Å². The highest BCUT2D eigenvalue weighted by molar-refractivity contribution is 7.91. The summed E-state index contributed by atoms with van der Waals surface area (Å²) in [6, 6.07) is 3.55. The van der Waals surface area contributed by atoms with E-state index < -0.39 is 46.8 Å². The standard InChI is InChI=1S/C24H27N5O7S/c30-19-11-10-17(22(33)25-19)29-23(34)16-7-5-8-18(21(16)24(29)35)37(36)13-3-1-2-12-28-14-15(26-27-28)6-4-9-20(31)32/h5,7-8,14,17H,1-4,6,9-13H2,(H,31,32)(H,25,30,33). The molecule has 1 aromatic heterocycles. The fourth-order valence-electron chi connectivity index (χ4n) is 4.45. The summed E-state index contributed by atoms with van der Waals surface area (Å²) in [6.07, 6.45) is 5.17. The van der Waals surface area contributed by atoms with Gasteiger partial charge in [0, 0.05) is 25.6 Å². The van der Waals surface area contributed by atoms with Gasteiger partial charge in [-0.2, -0.15) is 0 Å². The Labute approximate surface area is 215 Å². The second-order valence-corrected chi connectivity index (χ2v) is 10.5. The number of carboxylic acids is 1. The Morgan fingerprint density at radius 1 is 1.14 bits per heavy atom. The van der Waals surface area contributed by atoms with Crippen molar-refractivity contribution in [2.24, 2.45) is 0 Å².